The summed E-state index contributed by atoms with van der Waals surface area (Å²) in [6, 6.07) is 15.9. The van der Waals surface area contributed by atoms with Crippen molar-refractivity contribution in [2.24, 2.45) is 5.16 Å². The van der Waals surface area contributed by atoms with Crippen molar-refractivity contribution in [2.45, 2.75) is 25.6 Å². The molecular weight excluding hydrogens is 488 g/mol. The van der Waals surface area contributed by atoms with E-state index in [9.17, 15) is 24.5 Å². The molecule has 4 aromatic rings. The number of nitrogens with zero attached hydrogens (tertiary/aromatic N) is 4. The molecule has 0 spiro atoms. The second-order valence-corrected chi connectivity index (χ2v) is 9.13. The highest BCUT2D eigenvalue weighted by atomic mass is 16.6. The van der Waals surface area contributed by atoms with Crippen LogP contribution in [0.4, 0.5) is 5.69 Å². The highest BCUT2D eigenvalue weighted by Crippen LogP contribution is 2.33. The summed E-state index contributed by atoms with van der Waals surface area (Å²) >= 11 is 0. The molecular formula is C28H20N4O6. The van der Waals surface area contributed by atoms with Crippen molar-refractivity contribution in [3.05, 3.63) is 122 Å². The van der Waals surface area contributed by atoms with E-state index in [1.165, 1.54) is 21.3 Å². The van der Waals surface area contributed by atoms with Crippen LogP contribution in [0.1, 0.15) is 43.8 Å². The van der Waals surface area contributed by atoms with Gasteiger partial charge in [-0.1, -0.05) is 35.5 Å². The molecule has 0 N–H and O–H groups in total. The third kappa shape index (κ3) is 3.49. The maximum Gasteiger partial charge on any atom is 0.329 e. The highest BCUT2D eigenvalue weighted by molar-refractivity contribution is 6.31. The molecule has 6 rings (SSSR count). The van der Waals surface area contributed by atoms with Crippen molar-refractivity contribution in [2.75, 3.05) is 0 Å². The maximum atomic E-state index is 13.6. The summed E-state index contributed by atoms with van der Waals surface area (Å²) in [6.07, 6.45) is 1.41. The fourth-order valence-electron chi connectivity index (χ4n) is 5.14. The Hall–Kier alpha value is -5.12. The van der Waals surface area contributed by atoms with Gasteiger partial charge in [-0.2, -0.15) is 0 Å². The third-order valence-electron chi connectivity index (χ3n) is 6.91. The molecule has 38 heavy (non-hydrogen) atoms. The van der Waals surface area contributed by atoms with Gasteiger partial charge in [-0.15, -0.1) is 6.58 Å². The smallest absolute Gasteiger partial charge is 0.329 e. The second-order valence-electron chi connectivity index (χ2n) is 9.13. The highest BCUT2D eigenvalue weighted by Gasteiger charge is 2.34. The molecule has 0 saturated carbocycles. The predicted octanol–water partition coefficient (Wildman–Crippen LogP) is 3.87. The Bertz CT molecular complexity index is 1780. The maximum absolute atomic E-state index is 13.6. The lowest BCUT2D eigenvalue weighted by molar-refractivity contribution is -0.384. The van der Waals surface area contributed by atoms with Crippen LogP contribution in [0, 0.1) is 10.1 Å². The first kappa shape index (κ1) is 23.3. The molecule has 1 aliphatic heterocycles. The molecule has 1 atom stereocenters. The first-order valence-electron chi connectivity index (χ1n) is 11.9. The van der Waals surface area contributed by atoms with E-state index in [4.69, 9.17) is 4.84 Å². The average Bonchev–Trinajstić information content (AvgIpc) is 3.50. The van der Waals surface area contributed by atoms with Gasteiger partial charge in [0, 0.05) is 41.8 Å². The van der Waals surface area contributed by atoms with E-state index in [1.807, 2.05) is 0 Å². The number of nitro benzene ring substituents is 1. The van der Waals surface area contributed by atoms with Crippen LogP contribution in [0.15, 0.2) is 83.3 Å². The van der Waals surface area contributed by atoms with E-state index in [2.05, 4.69) is 11.7 Å². The Kier molecular flexibility index (Phi) is 5.37. The number of imidazole rings is 1. The standard InChI is InChI=1S/C28H20N4O6/c1-2-13-30-23-12-11-21-24(27(34)20-6-4-3-5-19(20)26(21)33)25(23)31(28(30)35)15-18-14-22(29-38-18)16-7-9-17(10-8-16)32(36)37/h2-12,18H,1,13-15H2. The number of rotatable bonds is 6. The van der Waals surface area contributed by atoms with Crippen LogP contribution >= 0.6 is 0 Å². The van der Waals surface area contributed by atoms with E-state index >= 15 is 0 Å². The Labute approximate surface area is 215 Å². The molecule has 0 fully saturated rings. The van der Waals surface area contributed by atoms with E-state index in [1.54, 1.807) is 54.6 Å². The van der Waals surface area contributed by atoms with Gasteiger partial charge in [0.05, 0.1) is 33.8 Å². The molecule has 1 aliphatic carbocycles. The zero-order valence-electron chi connectivity index (χ0n) is 20.0. The van der Waals surface area contributed by atoms with Crippen LogP contribution < -0.4 is 5.69 Å². The van der Waals surface area contributed by atoms with Crippen molar-refractivity contribution >= 4 is 34.0 Å². The van der Waals surface area contributed by atoms with Crippen molar-refractivity contribution in [1.29, 1.82) is 0 Å². The van der Waals surface area contributed by atoms with Gasteiger partial charge in [0.1, 0.15) is 0 Å². The molecule has 188 valence electrons. The Morgan fingerprint density at radius 3 is 2.37 bits per heavy atom. The lowest BCUT2D eigenvalue weighted by Gasteiger charge is -2.19. The molecule has 0 saturated heterocycles. The number of carbonyl (C=O) groups excluding carboxylic acids is 2. The summed E-state index contributed by atoms with van der Waals surface area (Å²) in [6.45, 7) is 4.05. The van der Waals surface area contributed by atoms with E-state index < -0.39 is 11.0 Å². The Morgan fingerprint density at radius 2 is 1.68 bits per heavy atom. The zero-order chi connectivity index (χ0) is 26.6. The van der Waals surface area contributed by atoms with Crippen LogP contribution in [0.5, 0.6) is 0 Å². The van der Waals surface area contributed by atoms with Crippen LogP contribution in [-0.2, 0) is 17.9 Å². The fourth-order valence-corrected chi connectivity index (χ4v) is 5.14. The number of hydrogen-bond donors (Lipinski definition) is 0. The molecule has 2 aliphatic rings. The van der Waals surface area contributed by atoms with E-state index in [0.29, 0.717) is 39.9 Å². The van der Waals surface area contributed by atoms with Crippen molar-refractivity contribution in [1.82, 2.24) is 9.13 Å². The number of carbonyl (C=O) groups is 2. The van der Waals surface area contributed by atoms with Gasteiger partial charge in [-0.3, -0.25) is 28.8 Å². The SMILES string of the molecule is C=CCn1c(=O)n(CC2CC(c3ccc([N+](=O)[O-])cc3)=NO2)c2c3c(ccc21)C(=O)c1ccccc1C3=O. The summed E-state index contributed by atoms with van der Waals surface area (Å²) in [5.74, 6) is -0.589. The summed E-state index contributed by atoms with van der Waals surface area (Å²) in [5.41, 5.74) is 2.85. The average molecular weight is 508 g/mol. The van der Waals surface area contributed by atoms with Gasteiger partial charge in [0.2, 0.25) is 0 Å². The Morgan fingerprint density at radius 1 is 0.974 bits per heavy atom. The minimum atomic E-state index is -0.529. The van der Waals surface area contributed by atoms with E-state index in [-0.39, 0.29) is 47.2 Å². The number of non-ortho nitro benzene ring substituents is 1. The molecule has 0 amide bonds. The summed E-state index contributed by atoms with van der Waals surface area (Å²) in [5, 5.41) is 15.1. The normalized spacial score (nSPS) is 16.1. The number of fused-ring (bicyclic) bond motifs is 4. The van der Waals surface area contributed by atoms with Crippen LogP contribution in [0.3, 0.4) is 0 Å². The van der Waals surface area contributed by atoms with Crippen LogP contribution in [0.25, 0.3) is 11.0 Å². The minimum Gasteiger partial charge on any atom is -0.390 e. The summed E-state index contributed by atoms with van der Waals surface area (Å²) in [7, 11) is 0. The molecule has 10 nitrogen and oxygen atoms in total. The van der Waals surface area contributed by atoms with Gasteiger partial charge in [0.25, 0.3) is 5.69 Å². The molecule has 0 bridgehead atoms. The molecule has 1 aromatic heterocycles. The quantitative estimate of drug-likeness (QED) is 0.195. The number of ketones is 2. The monoisotopic (exact) mass is 508 g/mol. The van der Waals surface area contributed by atoms with Gasteiger partial charge < -0.3 is 4.84 Å². The molecule has 2 heterocycles. The number of nitro groups is 1. The Balaban J connectivity index is 1.41. The van der Waals surface area contributed by atoms with Gasteiger partial charge in [-0.05, 0) is 29.8 Å². The summed E-state index contributed by atoms with van der Waals surface area (Å²) in [4.78, 5) is 56.6. The van der Waals surface area contributed by atoms with Gasteiger partial charge in [-0.25, -0.2) is 4.79 Å². The lowest BCUT2D eigenvalue weighted by atomic mass is 9.83. The van der Waals surface area contributed by atoms with Crippen molar-refractivity contribution in [3.8, 4) is 0 Å². The number of aromatic nitrogens is 2. The lowest BCUT2D eigenvalue weighted by Crippen LogP contribution is -2.29. The number of benzene rings is 3. The fraction of sp³-hybridized carbons (Fsp3) is 0.143. The largest absolute Gasteiger partial charge is 0.390 e. The number of allylic oxidation sites excluding steroid dienone is 1. The van der Waals surface area contributed by atoms with Crippen LogP contribution in [0.2, 0.25) is 0 Å². The topological polar surface area (TPSA) is 126 Å². The minimum absolute atomic E-state index is 0.0306. The number of hydrogen-bond acceptors (Lipinski definition) is 7. The predicted molar refractivity (Wildman–Crippen MR) is 139 cm³/mol. The van der Waals surface area contributed by atoms with Crippen molar-refractivity contribution in [3.63, 3.8) is 0 Å². The van der Waals surface area contributed by atoms with E-state index in [0.717, 1.165) is 0 Å². The first-order chi connectivity index (χ1) is 18.4. The number of oxime groups is 1. The van der Waals surface area contributed by atoms with Gasteiger partial charge >= 0.3 is 5.69 Å². The van der Waals surface area contributed by atoms with Crippen LogP contribution in [-0.4, -0.2) is 37.4 Å². The molecule has 10 heteroatoms. The first-order valence-corrected chi connectivity index (χ1v) is 11.9. The molecule has 0 radical (unpaired) electrons. The summed E-state index contributed by atoms with van der Waals surface area (Å²) < 4.78 is 2.98. The third-order valence-corrected chi connectivity index (χ3v) is 6.91. The molecule has 1 unspecified atom stereocenters. The van der Waals surface area contributed by atoms with Crippen molar-refractivity contribution < 1.29 is 19.3 Å². The van der Waals surface area contributed by atoms with Gasteiger partial charge in [0.15, 0.2) is 17.7 Å². The zero-order valence-corrected chi connectivity index (χ0v) is 20.0. The second kappa shape index (κ2) is 8.77. The molecule has 3 aromatic carbocycles.